The Morgan fingerprint density at radius 3 is 3.09 bits per heavy atom. The number of ketones is 1. The molecule has 1 rings (SSSR count). The molecule has 0 aromatic heterocycles. The lowest BCUT2D eigenvalue weighted by Gasteiger charge is -1.92. The molecule has 0 radical (unpaired) electrons. The van der Waals surface area contributed by atoms with Gasteiger partial charge in [-0.2, -0.15) is 5.26 Å². The van der Waals surface area contributed by atoms with Crippen LogP contribution in [0.1, 0.15) is 18.1 Å². The van der Waals surface area contributed by atoms with E-state index in [0.29, 0.717) is 5.56 Å². The Bertz CT molecular complexity index is 341. The Kier molecular flexibility index (Phi) is 1.96. The maximum Gasteiger partial charge on any atom is 0.176 e. The lowest BCUT2D eigenvalue weighted by atomic mass is 10.1. The van der Waals surface area contributed by atoms with Crippen molar-refractivity contribution in [2.45, 2.75) is 6.42 Å². The second kappa shape index (κ2) is 3.52. The maximum atomic E-state index is 11.1. The third-order valence-electron chi connectivity index (χ3n) is 1.25. The van der Waals surface area contributed by atoms with E-state index in [1.165, 1.54) is 6.07 Å². The summed E-state index contributed by atoms with van der Waals surface area (Å²) in [6, 6.07) is 8.40. The van der Waals surface area contributed by atoms with E-state index in [1.54, 1.807) is 24.3 Å². The third kappa shape index (κ3) is 1.91. The number of carbonyl (C=O) groups excluding carboxylic acids is 1. The lowest BCUT2D eigenvalue weighted by molar-refractivity contribution is 0.0998. The van der Waals surface area contributed by atoms with Gasteiger partial charge in [-0.05, 0) is 0 Å². The van der Waals surface area contributed by atoms with E-state index in [2.05, 4.69) is 0 Å². The van der Waals surface area contributed by atoms with E-state index in [1.807, 2.05) is 0 Å². The Morgan fingerprint density at radius 2 is 2.45 bits per heavy atom. The molecule has 1 aromatic carbocycles. The smallest absolute Gasteiger partial charge is 0.176 e. The van der Waals surface area contributed by atoms with Gasteiger partial charge in [-0.15, -0.1) is 0 Å². The van der Waals surface area contributed by atoms with Crippen molar-refractivity contribution in [3.05, 3.63) is 35.9 Å². The second-order valence-electron chi connectivity index (χ2n) is 2.03. The summed E-state index contributed by atoms with van der Waals surface area (Å²) in [7, 11) is 0. The molecular weight excluding hydrogens is 138 g/mol. The van der Waals surface area contributed by atoms with Gasteiger partial charge in [0.2, 0.25) is 0 Å². The number of nitriles is 1. The minimum absolute atomic E-state index is 0.157. The van der Waals surface area contributed by atoms with Crippen LogP contribution in [0, 0.1) is 11.3 Å². The summed E-state index contributed by atoms with van der Waals surface area (Å²) in [5.74, 6) is -0.289. The molecule has 54 valence electrons. The second-order valence-corrected chi connectivity index (χ2v) is 2.03. The van der Waals surface area contributed by atoms with Gasteiger partial charge in [0.05, 0.1) is 13.9 Å². The summed E-state index contributed by atoms with van der Waals surface area (Å²) in [6.07, 6.45) is -0.157. The molecule has 0 unspecified atom stereocenters. The van der Waals surface area contributed by atoms with Crippen LogP contribution in [-0.2, 0) is 0 Å². The average molecular weight is 146 g/mol. The summed E-state index contributed by atoms with van der Waals surface area (Å²) in [4.78, 5) is 11.1. The summed E-state index contributed by atoms with van der Waals surface area (Å²) in [5, 5.41) is 8.26. The van der Waals surface area contributed by atoms with Gasteiger partial charge in [-0.1, -0.05) is 30.3 Å². The molecule has 0 aliphatic rings. The van der Waals surface area contributed by atoms with Gasteiger partial charge in [0.1, 0.15) is 0 Å². The number of benzene rings is 1. The first kappa shape index (κ1) is 6.11. The first-order valence-corrected chi connectivity index (χ1v) is 3.21. The lowest BCUT2D eigenvalue weighted by Crippen LogP contribution is -1.95. The van der Waals surface area contributed by atoms with Crippen molar-refractivity contribution >= 4 is 5.78 Å². The van der Waals surface area contributed by atoms with Crippen LogP contribution in [0.25, 0.3) is 0 Å². The molecule has 0 saturated carbocycles. The normalized spacial score (nSPS) is 9.91. The SMILES string of the molecule is [2H]c1ccccc1C(=O)CC#N. The van der Waals surface area contributed by atoms with E-state index in [0.717, 1.165) is 0 Å². The maximum absolute atomic E-state index is 11.1. The monoisotopic (exact) mass is 146 g/mol. The van der Waals surface area contributed by atoms with E-state index < -0.39 is 0 Å². The van der Waals surface area contributed by atoms with Crippen molar-refractivity contribution in [3.63, 3.8) is 0 Å². The molecule has 0 bridgehead atoms. The predicted octanol–water partition coefficient (Wildman–Crippen LogP) is 1.78. The molecule has 0 aliphatic carbocycles. The topological polar surface area (TPSA) is 40.9 Å². The van der Waals surface area contributed by atoms with Crippen molar-refractivity contribution in [2.75, 3.05) is 0 Å². The Hall–Kier alpha value is -1.62. The van der Waals surface area contributed by atoms with E-state index in [4.69, 9.17) is 6.63 Å². The highest BCUT2D eigenvalue weighted by molar-refractivity contribution is 5.97. The molecule has 0 aliphatic heterocycles. The number of Topliss-reactive ketones (excluding diaryl/α,β-unsaturated/α-hetero) is 1. The zero-order valence-corrected chi connectivity index (χ0v) is 5.87. The zero-order chi connectivity index (χ0) is 8.97. The number of nitrogens with zero attached hydrogens (tertiary/aromatic N) is 1. The van der Waals surface area contributed by atoms with Crippen LogP contribution >= 0.6 is 0 Å². The molecule has 2 heteroatoms. The molecule has 0 spiro atoms. The number of rotatable bonds is 2. The minimum atomic E-state index is -0.289. The van der Waals surface area contributed by atoms with Crippen molar-refractivity contribution in [2.24, 2.45) is 0 Å². The Balaban J connectivity index is 2.97. The predicted molar refractivity (Wildman–Crippen MR) is 41.0 cm³/mol. The Morgan fingerprint density at radius 1 is 1.64 bits per heavy atom. The molecule has 11 heavy (non-hydrogen) atoms. The van der Waals surface area contributed by atoms with Crippen LogP contribution < -0.4 is 0 Å². The largest absolute Gasteiger partial charge is 0.293 e. The van der Waals surface area contributed by atoms with Gasteiger partial charge < -0.3 is 0 Å². The fraction of sp³-hybridized carbons (Fsp3) is 0.111. The molecule has 0 atom stereocenters. The molecule has 0 N–H and O–H groups in total. The van der Waals surface area contributed by atoms with Gasteiger partial charge in [0.15, 0.2) is 5.78 Å². The highest BCUT2D eigenvalue weighted by Crippen LogP contribution is 2.01. The number of hydrogen-bond acceptors (Lipinski definition) is 2. The van der Waals surface area contributed by atoms with Crippen LogP contribution in [0.4, 0.5) is 0 Å². The van der Waals surface area contributed by atoms with Gasteiger partial charge in [0.25, 0.3) is 0 Å². The first-order valence-electron chi connectivity index (χ1n) is 3.71. The molecule has 0 amide bonds. The van der Waals surface area contributed by atoms with Crippen molar-refractivity contribution in [1.82, 2.24) is 0 Å². The van der Waals surface area contributed by atoms with Crippen molar-refractivity contribution in [3.8, 4) is 6.07 Å². The zero-order valence-electron chi connectivity index (χ0n) is 6.87. The van der Waals surface area contributed by atoms with E-state index in [-0.39, 0.29) is 18.2 Å². The van der Waals surface area contributed by atoms with E-state index >= 15 is 0 Å². The van der Waals surface area contributed by atoms with Gasteiger partial charge in [-0.25, -0.2) is 0 Å². The summed E-state index contributed by atoms with van der Waals surface area (Å²) >= 11 is 0. The van der Waals surface area contributed by atoms with Gasteiger partial charge in [0, 0.05) is 5.56 Å². The van der Waals surface area contributed by atoms with Crippen LogP contribution in [0.15, 0.2) is 30.3 Å². The van der Waals surface area contributed by atoms with Crippen LogP contribution in [0.3, 0.4) is 0 Å². The highest BCUT2D eigenvalue weighted by atomic mass is 16.1. The minimum Gasteiger partial charge on any atom is -0.293 e. The molecule has 0 heterocycles. The molecule has 2 nitrogen and oxygen atoms in total. The fourth-order valence-electron chi connectivity index (χ4n) is 0.734. The van der Waals surface area contributed by atoms with Crippen LogP contribution in [0.2, 0.25) is 0 Å². The molecule has 1 aromatic rings. The Labute approximate surface area is 66.5 Å². The van der Waals surface area contributed by atoms with E-state index in [9.17, 15) is 4.79 Å². The average Bonchev–Trinajstić information content (AvgIpc) is 2.05. The van der Waals surface area contributed by atoms with Gasteiger partial charge >= 0.3 is 0 Å². The van der Waals surface area contributed by atoms with Crippen molar-refractivity contribution in [1.29, 1.82) is 5.26 Å². The quantitative estimate of drug-likeness (QED) is 0.597. The molecule has 0 fully saturated rings. The third-order valence-corrected chi connectivity index (χ3v) is 1.25. The molecular formula is C9H7NO. The summed E-state index contributed by atoms with van der Waals surface area (Å²) in [6.45, 7) is 0. The number of carbonyl (C=O) groups is 1. The standard InChI is InChI=1S/C9H7NO/c10-7-6-9(11)8-4-2-1-3-5-8/h1-5H,6H2/i4D. The number of hydrogen-bond donors (Lipinski definition) is 0. The summed E-state index contributed by atoms with van der Waals surface area (Å²) < 4.78 is 7.35. The van der Waals surface area contributed by atoms with Crippen molar-refractivity contribution < 1.29 is 6.17 Å². The first-order chi connectivity index (χ1) is 5.75. The molecule has 0 saturated heterocycles. The highest BCUT2D eigenvalue weighted by Gasteiger charge is 2.01. The fourth-order valence-corrected chi connectivity index (χ4v) is 0.734. The van der Waals surface area contributed by atoms with Crippen LogP contribution in [0.5, 0.6) is 0 Å². The summed E-state index contributed by atoms with van der Waals surface area (Å²) in [5.41, 5.74) is 0.319. The van der Waals surface area contributed by atoms with Crippen LogP contribution in [-0.4, -0.2) is 5.78 Å². The van der Waals surface area contributed by atoms with Gasteiger partial charge in [-0.3, -0.25) is 4.79 Å².